The van der Waals surface area contributed by atoms with Crippen molar-refractivity contribution in [3.05, 3.63) is 0 Å². The van der Waals surface area contributed by atoms with Crippen molar-refractivity contribution in [1.82, 2.24) is 0 Å². The molecule has 68 valence electrons. The summed E-state index contributed by atoms with van der Waals surface area (Å²) < 4.78 is 0. The summed E-state index contributed by atoms with van der Waals surface area (Å²) >= 11 is 6.02. The van der Waals surface area contributed by atoms with Crippen LogP contribution in [0, 0.1) is 16.7 Å². The summed E-state index contributed by atoms with van der Waals surface area (Å²) in [5.41, 5.74) is 1.49. The Kier molecular flexibility index (Phi) is 1.41. The van der Waals surface area contributed by atoms with Crippen molar-refractivity contribution in [3.63, 3.8) is 0 Å². The Morgan fingerprint density at radius 3 is 2.08 bits per heavy atom. The molecule has 0 bridgehead atoms. The molecular formula is C11H17Cl. The average molecular weight is 185 g/mol. The van der Waals surface area contributed by atoms with Gasteiger partial charge in [-0.2, -0.15) is 0 Å². The molecular weight excluding hydrogens is 168 g/mol. The molecule has 0 amide bonds. The molecule has 0 heterocycles. The molecule has 0 saturated heterocycles. The molecule has 3 fully saturated rings. The summed E-state index contributed by atoms with van der Waals surface area (Å²) in [6, 6.07) is 0. The maximum absolute atomic E-state index is 6.02. The smallest absolute Gasteiger partial charge is 0.0282 e. The van der Waals surface area contributed by atoms with Crippen molar-refractivity contribution in [3.8, 4) is 0 Å². The summed E-state index contributed by atoms with van der Waals surface area (Å²) in [6.45, 7) is 0. The highest BCUT2D eigenvalue weighted by Gasteiger charge is 2.59. The van der Waals surface area contributed by atoms with Crippen molar-refractivity contribution < 1.29 is 0 Å². The van der Waals surface area contributed by atoms with Gasteiger partial charge in [-0.25, -0.2) is 0 Å². The molecule has 1 heteroatoms. The van der Waals surface area contributed by atoms with Crippen LogP contribution in [0.5, 0.6) is 0 Å². The van der Waals surface area contributed by atoms with Crippen molar-refractivity contribution in [2.45, 2.75) is 44.9 Å². The molecule has 3 aliphatic carbocycles. The van der Waals surface area contributed by atoms with Gasteiger partial charge in [0.2, 0.25) is 0 Å². The average Bonchev–Trinajstić information content (AvgIpc) is 2.63. The minimum atomic E-state index is 0.641. The van der Waals surface area contributed by atoms with Crippen LogP contribution in [-0.2, 0) is 0 Å². The monoisotopic (exact) mass is 184 g/mol. The van der Waals surface area contributed by atoms with Crippen LogP contribution < -0.4 is 0 Å². The van der Waals surface area contributed by atoms with Gasteiger partial charge in [-0.3, -0.25) is 0 Å². The summed E-state index contributed by atoms with van der Waals surface area (Å²) in [5, 5.41) is 0. The van der Waals surface area contributed by atoms with Gasteiger partial charge in [0, 0.05) is 5.88 Å². The van der Waals surface area contributed by atoms with E-state index in [4.69, 9.17) is 11.6 Å². The van der Waals surface area contributed by atoms with Gasteiger partial charge in [0.25, 0.3) is 0 Å². The van der Waals surface area contributed by atoms with E-state index in [1.165, 1.54) is 44.9 Å². The topological polar surface area (TPSA) is 0 Å². The normalized spacial score (nSPS) is 35.8. The lowest BCUT2D eigenvalue weighted by atomic mass is 9.49. The van der Waals surface area contributed by atoms with Gasteiger partial charge in [0.15, 0.2) is 0 Å². The van der Waals surface area contributed by atoms with Crippen LogP contribution in [0.3, 0.4) is 0 Å². The number of alkyl halides is 1. The van der Waals surface area contributed by atoms with Gasteiger partial charge in [0.1, 0.15) is 0 Å². The van der Waals surface area contributed by atoms with E-state index in [1.54, 1.807) is 0 Å². The zero-order valence-electron chi connectivity index (χ0n) is 7.61. The third-order valence-electron chi connectivity index (χ3n) is 4.80. The minimum Gasteiger partial charge on any atom is -0.126 e. The fourth-order valence-corrected chi connectivity index (χ4v) is 3.80. The largest absolute Gasteiger partial charge is 0.126 e. The molecule has 12 heavy (non-hydrogen) atoms. The van der Waals surface area contributed by atoms with Gasteiger partial charge < -0.3 is 0 Å². The Morgan fingerprint density at radius 2 is 1.75 bits per heavy atom. The van der Waals surface area contributed by atoms with E-state index < -0.39 is 0 Å². The number of hydrogen-bond acceptors (Lipinski definition) is 0. The van der Waals surface area contributed by atoms with Crippen molar-refractivity contribution in [2.24, 2.45) is 16.7 Å². The lowest BCUT2D eigenvalue weighted by Crippen LogP contribution is -2.46. The molecule has 0 aromatic rings. The summed E-state index contributed by atoms with van der Waals surface area (Å²) in [7, 11) is 0. The molecule has 3 rings (SSSR count). The summed E-state index contributed by atoms with van der Waals surface area (Å²) in [6.07, 6.45) is 10.5. The van der Waals surface area contributed by atoms with Crippen molar-refractivity contribution in [2.75, 3.05) is 5.88 Å². The Bertz CT molecular complexity index is 193. The molecule has 0 unspecified atom stereocenters. The minimum absolute atomic E-state index is 0.641. The van der Waals surface area contributed by atoms with E-state index in [0.717, 1.165) is 17.2 Å². The van der Waals surface area contributed by atoms with Crippen LogP contribution in [-0.4, -0.2) is 5.88 Å². The molecule has 0 N–H and O–H groups in total. The standard InChI is InChI=1S/C11H17Cl/c12-8-11(4-5-11)9-6-10(7-9)2-1-3-10/h9H,1-8H2. The second-order valence-corrected chi connectivity index (χ2v) is 5.72. The first-order valence-corrected chi connectivity index (χ1v) is 5.88. The second-order valence-electron chi connectivity index (χ2n) is 5.45. The SMILES string of the molecule is ClCC1(C2CC3(CCC3)C2)CC1. The zero-order chi connectivity index (χ0) is 8.23. The number of halogens is 1. The fourth-order valence-electron chi connectivity index (χ4n) is 3.32. The third-order valence-corrected chi connectivity index (χ3v) is 5.33. The number of hydrogen-bond donors (Lipinski definition) is 0. The van der Waals surface area contributed by atoms with Crippen LogP contribution in [0.1, 0.15) is 44.9 Å². The van der Waals surface area contributed by atoms with Crippen LogP contribution >= 0.6 is 11.6 Å². The van der Waals surface area contributed by atoms with Crippen molar-refractivity contribution >= 4 is 11.6 Å². The zero-order valence-corrected chi connectivity index (χ0v) is 8.37. The molecule has 3 aliphatic rings. The third kappa shape index (κ3) is 0.852. The van der Waals surface area contributed by atoms with Crippen LogP contribution in [0.25, 0.3) is 0 Å². The Hall–Kier alpha value is 0.290. The predicted molar refractivity (Wildman–Crippen MR) is 51.4 cm³/mol. The first-order chi connectivity index (χ1) is 5.79. The first kappa shape index (κ1) is 7.67. The van der Waals surface area contributed by atoms with Gasteiger partial charge in [-0.05, 0) is 55.3 Å². The van der Waals surface area contributed by atoms with Crippen LogP contribution in [0.4, 0.5) is 0 Å². The molecule has 3 saturated carbocycles. The van der Waals surface area contributed by atoms with Crippen molar-refractivity contribution in [1.29, 1.82) is 0 Å². The lowest BCUT2D eigenvalue weighted by Gasteiger charge is -2.56. The van der Waals surface area contributed by atoms with Gasteiger partial charge >= 0.3 is 0 Å². The van der Waals surface area contributed by atoms with Gasteiger partial charge in [-0.15, -0.1) is 11.6 Å². The Morgan fingerprint density at radius 1 is 1.08 bits per heavy atom. The highest BCUT2D eigenvalue weighted by Crippen LogP contribution is 2.68. The van der Waals surface area contributed by atoms with E-state index in [0.29, 0.717) is 5.41 Å². The van der Waals surface area contributed by atoms with E-state index in [9.17, 15) is 0 Å². The number of rotatable bonds is 2. The van der Waals surface area contributed by atoms with E-state index >= 15 is 0 Å². The second kappa shape index (κ2) is 2.20. The maximum Gasteiger partial charge on any atom is 0.0282 e. The molecule has 0 aliphatic heterocycles. The highest BCUT2D eigenvalue weighted by molar-refractivity contribution is 6.18. The summed E-state index contributed by atoms with van der Waals surface area (Å²) in [5.74, 6) is 1.96. The van der Waals surface area contributed by atoms with Gasteiger partial charge in [-0.1, -0.05) is 6.42 Å². The Labute approximate surface area is 79.7 Å². The quantitative estimate of drug-likeness (QED) is 0.576. The molecule has 0 nitrogen and oxygen atoms in total. The van der Waals surface area contributed by atoms with E-state index in [1.807, 2.05) is 0 Å². The van der Waals surface area contributed by atoms with Gasteiger partial charge in [0.05, 0.1) is 0 Å². The fraction of sp³-hybridized carbons (Fsp3) is 1.00. The molecule has 0 atom stereocenters. The highest BCUT2D eigenvalue weighted by atomic mass is 35.5. The predicted octanol–water partition coefficient (Wildman–Crippen LogP) is 3.59. The van der Waals surface area contributed by atoms with Crippen LogP contribution in [0.2, 0.25) is 0 Å². The molecule has 1 spiro atoms. The molecule has 0 radical (unpaired) electrons. The Balaban J connectivity index is 1.62. The maximum atomic E-state index is 6.02. The summed E-state index contributed by atoms with van der Waals surface area (Å²) in [4.78, 5) is 0. The van der Waals surface area contributed by atoms with E-state index in [-0.39, 0.29) is 0 Å². The van der Waals surface area contributed by atoms with E-state index in [2.05, 4.69) is 0 Å². The molecule has 0 aromatic heterocycles. The lowest BCUT2D eigenvalue weighted by molar-refractivity contribution is -0.0525. The van der Waals surface area contributed by atoms with Crippen LogP contribution in [0.15, 0.2) is 0 Å². The first-order valence-electron chi connectivity index (χ1n) is 5.35. The molecule has 0 aromatic carbocycles.